The van der Waals surface area contributed by atoms with Gasteiger partial charge in [0.2, 0.25) is 0 Å². The third-order valence-electron chi connectivity index (χ3n) is 5.68. The largest absolute Gasteiger partial charge is 0.498 e. The van der Waals surface area contributed by atoms with Gasteiger partial charge in [-0.25, -0.2) is 0 Å². The van der Waals surface area contributed by atoms with E-state index in [1.54, 1.807) is 26.4 Å². The van der Waals surface area contributed by atoms with E-state index in [0.717, 1.165) is 35.3 Å². The molecule has 7 heteroatoms. The summed E-state index contributed by atoms with van der Waals surface area (Å²) < 4.78 is 17.5. The van der Waals surface area contributed by atoms with E-state index >= 15 is 0 Å². The Hall–Kier alpha value is -1.70. The van der Waals surface area contributed by atoms with Gasteiger partial charge in [-0.1, -0.05) is 20.8 Å². The van der Waals surface area contributed by atoms with Crippen LogP contribution in [0.5, 0.6) is 0 Å². The topological polar surface area (TPSA) is 70.8 Å². The summed E-state index contributed by atoms with van der Waals surface area (Å²) >= 11 is 0. The first kappa shape index (κ1) is 21.6. The van der Waals surface area contributed by atoms with Gasteiger partial charge in [-0.2, -0.15) is 0 Å². The molecule has 1 aromatic rings. The summed E-state index contributed by atoms with van der Waals surface area (Å²) in [7, 11) is 1.45. The van der Waals surface area contributed by atoms with Gasteiger partial charge in [-0.15, -0.1) is 0 Å². The summed E-state index contributed by atoms with van der Waals surface area (Å²) in [5.41, 5.74) is 2.88. The van der Waals surface area contributed by atoms with Crippen molar-refractivity contribution in [2.45, 2.75) is 57.8 Å². The van der Waals surface area contributed by atoms with Crippen LogP contribution in [-0.4, -0.2) is 34.1 Å². The van der Waals surface area contributed by atoms with Crippen LogP contribution in [0.1, 0.15) is 50.8 Å². The molecule has 1 aliphatic carbocycles. The summed E-state index contributed by atoms with van der Waals surface area (Å²) in [6.07, 6.45) is 1.24. The number of benzene rings is 1. The van der Waals surface area contributed by atoms with Crippen molar-refractivity contribution in [2.75, 3.05) is 20.8 Å². The van der Waals surface area contributed by atoms with Gasteiger partial charge in [0.1, 0.15) is 11.9 Å². The van der Waals surface area contributed by atoms with Crippen molar-refractivity contribution >= 4 is 19.6 Å². The van der Waals surface area contributed by atoms with Crippen LogP contribution in [0.4, 0.5) is 5.69 Å². The van der Waals surface area contributed by atoms with Gasteiger partial charge in [0.05, 0.1) is 12.0 Å². The fraction of sp³-hybridized carbons (Fsp3) is 0.600. The van der Waals surface area contributed by atoms with Crippen molar-refractivity contribution in [1.82, 2.24) is 0 Å². The molecule has 1 unspecified atom stereocenters. The molecule has 6 nitrogen and oxygen atoms in total. The average Bonchev–Trinajstić information content (AvgIpc) is 2.89. The summed E-state index contributed by atoms with van der Waals surface area (Å²) in [4.78, 5) is 10.7. The first-order valence-electron chi connectivity index (χ1n) is 9.26. The summed E-state index contributed by atoms with van der Waals surface area (Å²) in [6, 6.07) is 4.92. The van der Waals surface area contributed by atoms with Gasteiger partial charge in [-0.3, -0.25) is 10.1 Å². The van der Waals surface area contributed by atoms with Crippen LogP contribution >= 0.6 is 0 Å². The van der Waals surface area contributed by atoms with Gasteiger partial charge >= 0.3 is 0 Å². The number of nitro groups is 1. The lowest BCUT2D eigenvalue weighted by atomic mass is 10.0. The Labute approximate surface area is 162 Å². The molecule has 0 amide bonds. The van der Waals surface area contributed by atoms with E-state index in [2.05, 4.69) is 33.9 Å². The van der Waals surface area contributed by atoms with Crippen LogP contribution in [0, 0.1) is 10.1 Å². The molecule has 0 aromatic heterocycles. The molecule has 0 saturated carbocycles. The Kier molecular flexibility index (Phi) is 6.50. The van der Waals surface area contributed by atoms with Gasteiger partial charge in [0.25, 0.3) is 5.69 Å². The second-order valence-corrected chi connectivity index (χ2v) is 13.2. The molecule has 1 aromatic carbocycles. The third-order valence-corrected chi connectivity index (χ3v) is 10.2. The Balaban J connectivity index is 2.17. The third kappa shape index (κ3) is 4.42. The van der Waals surface area contributed by atoms with Gasteiger partial charge in [-0.05, 0) is 42.6 Å². The first-order chi connectivity index (χ1) is 12.5. The molecule has 0 heterocycles. The molecule has 0 radical (unpaired) electrons. The number of methoxy groups -OCH3 is 2. The first-order valence-corrected chi connectivity index (χ1v) is 12.2. The van der Waals surface area contributed by atoms with Crippen molar-refractivity contribution in [3.8, 4) is 0 Å². The number of ether oxygens (including phenoxy) is 2. The van der Waals surface area contributed by atoms with E-state index in [-0.39, 0.29) is 15.6 Å². The van der Waals surface area contributed by atoms with E-state index < -0.39 is 14.4 Å². The minimum Gasteiger partial charge on any atom is -0.498 e. The van der Waals surface area contributed by atoms with E-state index in [9.17, 15) is 10.1 Å². The number of hydrogen-bond acceptors (Lipinski definition) is 5. The maximum atomic E-state index is 11.1. The molecule has 1 aliphatic rings. The number of fused-ring (bicyclic) bond motifs is 1. The Morgan fingerprint density at radius 1 is 1.22 bits per heavy atom. The zero-order valence-corrected chi connectivity index (χ0v) is 18.4. The highest BCUT2D eigenvalue weighted by atomic mass is 28.4. The molecule has 0 spiro atoms. The van der Waals surface area contributed by atoms with Gasteiger partial charge in [0.15, 0.2) is 8.32 Å². The highest BCUT2D eigenvalue weighted by Crippen LogP contribution is 2.45. The predicted octanol–water partition coefficient (Wildman–Crippen LogP) is 5.46. The molecule has 0 aliphatic heterocycles. The lowest BCUT2D eigenvalue weighted by Gasteiger charge is -2.36. The summed E-state index contributed by atoms with van der Waals surface area (Å²) in [5, 5.41) is 11.3. The van der Waals surface area contributed by atoms with Crippen LogP contribution in [0.15, 0.2) is 24.0 Å². The fourth-order valence-corrected chi connectivity index (χ4v) is 4.19. The van der Waals surface area contributed by atoms with Gasteiger partial charge in [0, 0.05) is 37.0 Å². The van der Waals surface area contributed by atoms with E-state index in [4.69, 9.17) is 13.9 Å². The lowest BCUT2D eigenvalue weighted by Crippen LogP contribution is -2.40. The van der Waals surface area contributed by atoms with Crippen molar-refractivity contribution in [2.24, 2.45) is 0 Å². The maximum absolute atomic E-state index is 11.1. The highest BCUT2D eigenvalue weighted by molar-refractivity contribution is 6.74. The molecule has 27 heavy (non-hydrogen) atoms. The quantitative estimate of drug-likeness (QED) is 0.254. The van der Waals surface area contributed by atoms with E-state index in [1.165, 1.54) is 6.07 Å². The molecule has 150 valence electrons. The molecule has 2 rings (SSSR count). The molecule has 1 atom stereocenters. The molecule has 0 bridgehead atoms. The number of hydrogen-bond donors (Lipinski definition) is 0. The highest BCUT2D eigenvalue weighted by Gasteiger charge is 2.37. The molecule has 0 N–H and O–H groups in total. The zero-order valence-electron chi connectivity index (χ0n) is 17.4. The van der Waals surface area contributed by atoms with Crippen molar-refractivity contribution in [1.29, 1.82) is 0 Å². The van der Waals surface area contributed by atoms with Gasteiger partial charge < -0.3 is 13.9 Å². The monoisotopic (exact) mass is 393 g/mol. The smallest absolute Gasteiger partial charge is 0.269 e. The van der Waals surface area contributed by atoms with Crippen molar-refractivity contribution in [3.63, 3.8) is 0 Å². The SMILES string of the molecule is COC1=C(CCCO[Si](C)(C)C(C)(C)C)c2ccc([N+](=O)[O-])cc2C1OC. The van der Waals surface area contributed by atoms with E-state index in [1.807, 2.05) is 0 Å². The number of allylic oxidation sites excluding steroid dienone is 1. The molecular weight excluding hydrogens is 362 g/mol. The standard InChI is InChI=1S/C20H31NO5Si/c1-20(2,3)27(6,7)26-12-8-9-16-15-11-10-14(21(22)23)13-17(15)19(25-5)18(16)24-4/h10-11,13,19H,8-9,12H2,1-7H3. The number of non-ortho nitro benzene ring substituents is 1. The summed E-state index contributed by atoms with van der Waals surface area (Å²) in [6.45, 7) is 11.9. The maximum Gasteiger partial charge on any atom is 0.269 e. The second kappa shape index (κ2) is 8.12. The lowest BCUT2D eigenvalue weighted by molar-refractivity contribution is -0.385. The van der Waals surface area contributed by atoms with Crippen molar-refractivity contribution in [3.05, 3.63) is 45.2 Å². The molecule has 0 saturated heterocycles. The normalized spacial score (nSPS) is 17.2. The number of nitro benzene ring substituents is 1. The summed E-state index contributed by atoms with van der Waals surface area (Å²) in [5.74, 6) is 0.736. The number of rotatable bonds is 8. The van der Waals surface area contributed by atoms with Crippen LogP contribution in [0.25, 0.3) is 5.57 Å². The minimum absolute atomic E-state index is 0.0637. The van der Waals surface area contributed by atoms with Crippen LogP contribution in [0.3, 0.4) is 0 Å². The van der Waals surface area contributed by atoms with E-state index in [0.29, 0.717) is 6.61 Å². The van der Waals surface area contributed by atoms with Crippen LogP contribution < -0.4 is 0 Å². The van der Waals surface area contributed by atoms with Crippen LogP contribution in [-0.2, 0) is 13.9 Å². The zero-order chi connectivity index (χ0) is 20.4. The number of nitrogens with zero attached hydrogens (tertiary/aromatic N) is 1. The minimum atomic E-state index is -1.77. The van der Waals surface area contributed by atoms with Crippen molar-refractivity contribution < 1.29 is 18.8 Å². The predicted molar refractivity (Wildman–Crippen MR) is 109 cm³/mol. The molecule has 0 fully saturated rings. The second-order valence-electron chi connectivity index (χ2n) is 8.40. The Morgan fingerprint density at radius 3 is 2.41 bits per heavy atom. The Bertz CT molecular complexity index is 736. The molecular formula is C20H31NO5Si. The van der Waals surface area contributed by atoms with Crippen LogP contribution in [0.2, 0.25) is 18.1 Å². The fourth-order valence-electron chi connectivity index (χ4n) is 3.10. The Morgan fingerprint density at radius 2 is 1.89 bits per heavy atom. The average molecular weight is 394 g/mol.